The van der Waals surface area contributed by atoms with Crippen molar-refractivity contribution in [2.45, 2.75) is 25.4 Å². The first-order valence-electron chi connectivity index (χ1n) is 6.60. The molecular weight excluding hydrogens is 450 g/mol. The lowest BCUT2D eigenvalue weighted by Gasteiger charge is -2.26. The van der Waals surface area contributed by atoms with E-state index in [4.69, 9.17) is 0 Å². The van der Waals surface area contributed by atoms with Crippen LogP contribution in [0.2, 0.25) is 0 Å². The van der Waals surface area contributed by atoms with Gasteiger partial charge in [-0.25, -0.2) is 0 Å². The van der Waals surface area contributed by atoms with Gasteiger partial charge in [-0.15, -0.1) is 52.7 Å². The second kappa shape index (κ2) is 7.66. The van der Waals surface area contributed by atoms with Crippen LogP contribution in [0.3, 0.4) is 0 Å². The molecule has 0 atom stereocenters. The highest BCUT2D eigenvalue weighted by Crippen LogP contribution is 2.54. The summed E-state index contributed by atoms with van der Waals surface area (Å²) in [6.45, 7) is 0. The van der Waals surface area contributed by atoms with Crippen LogP contribution in [0.4, 0.5) is 58.4 Å². The maximum atomic E-state index is 12.6. The average Bonchev–Trinajstić information content (AvgIpc) is 2.36. The van der Waals surface area contributed by atoms with Crippen LogP contribution in [0.5, 0.6) is 23.0 Å². The van der Waals surface area contributed by atoms with Crippen molar-refractivity contribution in [2.75, 3.05) is 19.0 Å². The van der Waals surface area contributed by atoms with E-state index in [2.05, 4.69) is 18.9 Å². The van der Waals surface area contributed by atoms with E-state index in [-0.39, 0.29) is 4.90 Å². The van der Waals surface area contributed by atoms with Crippen molar-refractivity contribution in [2.24, 2.45) is 0 Å². The zero-order chi connectivity index (χ0) is 23.0. The van der Waals surface area contributed by atoms with Crippen molar-refractivity contribution in [3.8, 4) is 23.0 Å². The Morgan fingerprint density at radius 1 is 0.552 bits per heavy atom. The first kappa shape index (κ1) is 24.4. The highest BCUT2D eigenvalue weighted by Gasteiger charge is 2.44. The molecule has 29 heavy (non-hydrogen) atoms. The largest absolute Gasteiger partial charge is 0.573 e. The molecule has 0 saturated carbocycles. The van der Waals surface area contributed by atoms with Crippen LogP contribution >= 0.6 is 0 Å². The molecule has 168 valence electrons. The molecule has 1 rings (SSSR count). The summed E-state index contributed by atoms with van der Waals surface area (Å²) < 4.78 is 163. The van der Waals surface area contributed by atoms with E-state index in [1.807, 2.05) is 0 Å². The molecular formula is C12H7F12NO4. The third-order valence-corrected chi connectivity index (χ3v) is 2.47. The lowest BCUT2D eigenvalue weighted by molar-refractivity contribution is -0.291. The van der Waals surface area contributed by atoms with Crippen LogP contribution < -0.4 is 23.8 Å². The van der Waals surface area contributed by atoms with Crippen molar-refractivity contribution in [3.05, 3.63) is 6.07 Å². The van der Waals surface area contributed by atoms with Gasteiger partial charge in [0.25, 0.3) is 0 Å². The van der Waals surface area contributed by atoms with Crippen molar-refractivity contribution >= 4 is 5.69 Å². The van der Waals surface area contributed by atoms with Gasteiger partial charge in [-0.05, 0) is 0 Å². The lowest BCUT2D eigenvalue weighted by atomic mass is 10.2. The Morgan fingerprint density at radius 2 is 0.828 bits per heavy atom. The third-order valence-electron chi connectivity index (χ3n) is 2.47. The lowest BCUT2D eigenvalue weighted by Crippen LogP contribution is -2.26. The van der Waals surface area contributed by atoms with Crippen molar-refractivity contribution < 1.29 is 71.6 Å². The van der Waals surface area contributed by atoms with Gasteiger partial charge in [0.15, 0.2) is 23.0 Å². The predicted octanol–water partition coefficient (Wildman–Crippen LogP) is 5.35. The van der Waals surface area contributed by atoms with Crippen LogP contribution in [0, 0.1) is 0 Å². The number of hydrogen-bond acceptors (Lipinski definition) is 5. The molecule has 0 aromatic heterocycles. The Balaban J connectivity index is 3.93. The first-order valence-corrected chi connectivity index (χ1v) is 6.60. The summed E-state index contributed by atoms with van der Waals surface area (Å²) in [6, 6.07) is -0.546. The van der Waals surface area contributed by atoms with Crippen molar-refractivity contribution in [1.29, 1.82) is 0 Å². The number of alkyl halides is 12. The van der Waals surface area contributed by atoms with E-state index in [9.17, 15) is 52.7 Å². The molecule has 0 bridgehead atoms. The molecule has 1 aromatic carbocycles. The molecule has 0 aliphatic heterocycles. The summed E-state index contributed by atoms with van der Waals surface area (Å²) in [5.74, 6) is -8.28. The van der Waals surface area contributed by atoms with E-state index in [1.165, 1.54) is 0 Å². The molecule has 0 spiro atoms. The maximum absolute atomic E-state index is 12.6. The quantitative estimate of drug-likeness (QED) is 0.558. The Hall–Kier alpha value is -2.62. The molecule has 0 aliphatic carbocycles. The van der Waals surface area contributed by atoms with Crippen LogP contribution in [-0.2, 0) is 0 Å². The van der Waals surface area contributed by atoms with Crippen LogP contribution in [0.15, 0.2) is 6.07 Å². The summed E-state index contributed by atoms with van der Waals surface area (Å²) in [5, 5.41) is 0. The number of hydrogen-bond donors (Lipinski definition) is 0. The Kier molecular flexibility index (Phi) is 6.45. The van der Waals surface area contributed by atoms with E-state index in [0.717, 1.165) is 0 Å². The fourth-order valence-electron chi connectivity index (χ4n) is 1.82. The molecule has 5 nitrogen and oxygen atoms in total. The van der Waals surface area contributed by atoms with Gasteiger partial charge in [-0.3, -0.25) is 0 Å². The van der Waals surface area contributed by atoms with Gasteiger partial charge >= 0.3 is 25.4 Å². The summed E-state index contributed by atoms with van der Waals surface area (Å²) in [5.41, 5.74) is -1.64. The van der Waals surface area contributed by atoms with Crippen LogP contribution in [-0.4, -0.2) is 39.5 Å². The number of ether oxygens (including phenoxy) is 4. The van der Waals surface area contributed by atoms with E-state index >= 15 is 0 Å². The van der Waals surface area contributed by atoms with Gasteiger partial charge < -0.3 is 23.8 Å². The summed E-state index contributed by atoms with van der Waals surface area (Å²) >= 11 is 0. The molecule has 0 heterocycles. The van der Waals surface area contributed by atoms with Crippen molar-refractivity contribution in [3.63, 3.8) is 0 Å². The van der Waals surface area contributed by atoms with Gasteiger partial charge in [0.2, 0.25) is 0 Å². The first-order chi connectivity index (χ1) is 12.7. The summed E-state index contributed by atoms with van der Waals surface area (Å²) in [4.78, 5) is 0.259. The Labute approximate surface area is 152 Å². The highest BCUT2D eigenvalue weighted by molar-refractivity contribution is 5.77. The summed E-state index contributed by atoms with van der Waals surface area (Å²) in [7, 11) is 1.35. The Morgan fingerprint density at radius 3 is 1.03 bits per heavy atom. The minimum atomic E-state index is -5.78. The fourth-order valence-corrected chi connectivity index (χ4v) is 1.82. The smallest absolute Gasteiger partial charge is 0.402 e. The Bertz CT molecular complexity index is 666. The normalized spacial score (nSPS) is 13.2. The topological polar surface area (TPSA) is 40.2 Å². The minimum Gasteiger partial charge on any atom is -0.402 e. The van der Waals surface area contributed by atoms with Gasteiger partial charge in [0, 0.05) is 20.2 Å². The van der Waals surface area contributed by atoms with E-state index in [1.54, 1.807) is 0 Å². The van der Waals surface area contributed by atoms with Crippen molar-refractivity contribution in [1.82, 2.24) is 0 Å². The zero-order valence-corrected chi connectivity index (χ0v) is 13.7. The second-order valence-corrected chi connectivity index (χ2v) is 4.97. The molecule has 1 aromatic rings. The maximum Gasteiger partial charge on any atom is 0.573 e. The molecule has 0 aliphatic rings. The van der Waals surface area contributed by atoms with Crippen LogP contribution in [0.1, 0.15) is 0 Å². The molecule has 0 amide bonds. The minimum absolute atomic E-state index is 0.259. The fraction of sp³-hybridized carbons (Fsp3) is 0.500. The standard InChI is InChI=1S/C12H7F12NO4/c1-25(2)6-7(28-11(19,20)21)4(26-9(13,14)15)3-5(27-10(16,17)18)8(6)29-12(22,23)24/h3H,1-2H3. The predicted molar refractivity (Wildman–Crippen MR) is 67.5 cm³/mol. The molecule has 0 N–H and O–H groups in total. The average molecular weight is 457 g/mol. The second-order valence-electron chi connectivity index (χ2n) is 4.97. The molecule has 0 unspecified atom stereocenters. The summed E-state index contributed by atoms with van der Waals surface area (Å²) in [6.07, 6.45) is -23.1. The number of halogens is 12. The molecule has 0 radical (unpaired) electrons. The number of anilines is 1. The molecule has 0 saturated heterocycles. The molecule has 0 fully saturated rings. The monoisotopic (exact) mass is 457 g/mol. The highest BCUT2D eigenvalue weighted by atomic mass is 19.4. The SMILES string of the molecule is CN(C)c1c(OC(F)(F)F)c(OC(F)(F)F)cc(OC(F)(F)F)c1OC(F)(F)F. The number of benzene rings is 1. The van der Waals surface area contributed by atoms with Crippen LogP contribution in [0.25, 0.3) is 0 Å². The number of nitrogens with zero attached hydrogens (tertiary/aromatic N) is 1. The third kappa shape index (κ3) is 8.10. The number of rotatable bonds is 5. The molecule has 17 heteroatoms. The van der Waals surface area contributed by atoms with Gasteiger partial charge in [0.1, 0.15) is 5.69 Å². The van der Waals surface area contributed by atoms with E-state index < -0.39 is 60.2 Å². The zero-order valence-electron chi connectivity index (χ0n) is 13.7. The van der Waals surface area contributed by atoms with Gasteiger partial charge in [-0.1, -0.05) is 0 Å². The van der Waals surface area contributed by atoms with Gasteiger partial charge in [0.05, 0.1) is 0 Å². The van der Waals surface area contributed by atoms with E-state index in [0.29, 0.717) is 14.1 Å². The van der Waals surface area contributed by atoms with Gasteiger partial charge in [-0.2, -0.15) is 0 Å².